The highest BCUT2D eigenvalue weighted by Crippen LogP contribution is 2.50. The van der Waals surface area contributed by atoms with Gasteiger partial charge in [-0.25, -0.2) is 4.79 Å². The van der Waals surface area contributed by atoms with Crippen molar-refractivity contribution >= 4 is 23.4 Å². The summed E-state index contributed by atoms with van der Waals surface area (Å²) < 4.78 is 49.0. The Bertz CT molecular complexity index is 551. The Balaban J connectivity index is 2.75. The Kier molecular flexibility index (Phi) is 3.57. The molecule has 0 saturated heterocycles. The predicted octanol–water partition coefficient (Wildman–Crippen LogP) is 2.62. The van der Waals surface area contributed by atoms with Crippen LogP contribution in [0.5, 0.6) is 0 Å². The standard InChI is InChI=1S/C11H9ClF3NO4/c1-19-8(17)10(11(13,14)15)6-4-5(12)2-3-7(6)16-9(18)20-10/h2-4,8,17H,1H3,(H,16,18)/t8?,10-/m1/s1. The van der Waals surface area contributed by atoms with Gasteiger partial charge in [0.2, 0.25) is 6.29 Å². The molecule has 0 spiro atoms. The summed E-state index contributed by atoms with van der Waals surface area (Å²) in [5.41, 5.74) is -4.05. The number of cyclic esters (lactones) is 1. The highest BCUT2D eigenvalue weighted by Gasteiger charge is 2.67. The lowest BCUT2D eigenvalue weighted by atomic mass is 9.89. The summed E-state index contributed by atoms with van der Waals surface area (Å²) in [5, 5.41) is 11.7. The van der Waals surface area contributed by atoms with E-state index in [-0.39, 0.29) is 10.7 Å². The lowest BCUT2D eigenvalue weighted by molar-refractivity contribution is -0.336. The molecule has 1 aromatic rings. The van der Waals surface area contributed by atoms with E-state index in [0.717, 1.165) is 13.2 Å². The van der Waals surface area contributed by atoms with Crippen LogP contribution < -0.4 is 5.32 Å². The largest absolute Gasteiger partial charge is 0.438 e. The number of nitrogens with one attached hydrogen (secondary N) is 1. The fourth-order valence-corrected chi connectivity index (χ4v) is 2.14. The number of hydrogen-bond donors (Lipinski definition) is 2. The molecule has 1 unspecified atom stereocenters. The van der Waals surface area contributed by atoms with Crippen LogP contribution in [-0.4, -0.2) is 30.8 Å². The molecule has 9 heteroatoms. The molecular weight excluding hydrogens is 303 g/mol. The predicted molar refractivity (Wildman–Crippen MR) is 62.3 cm³/mol. The lowest BCUT2D eigenvalue weighted by Gasteiger charge is -2.41. The number of methoxy groups -OCH3 is 1. The van der Waals surface area contributed by atoms with Gasteiger partial charge in [-0.05, 0) is 18.2 Å². The van der Waals surface area contributed by atoms with Gasteiger partial charge in [0.25, 0.3) is 5.60 Å². The van der Waals surface area contributed by atoms with E-state index in [9.17, 15) is 23.1 Å². The second kappa shape index (κ2) is 4.80. The molecule has 1 aromatic carbocycles. The lowest BCUT2D eigenvalue weighted by Crippen LogP contribution is -2.58. The minimum Gasteiger partial charge on any atom is -0.422 e. The Morgan fingerprint density at radius 3 is 2.70 bits per heavy atom. The highest BCUT2D eigenvalue weighted by molar-refractivity contribution is 6.30. The minimum absolute atomic E-state index is 0.0135. The Morgan fingerprint density at radius 2 is 2.15 bits per heavy atom. The van der Waals surface area contributed by atoms with Crippen LogP contribution in [-0.2, 0) is 15.1 Å². The van der Waals surface area contributed by atoms with Crippen LogP contribution in [0.4, 0.5) is 23.7 Å². The number of aliphatic hydroxyl groups excluding tert-OH is 1. The van der Waals surface area contributed by atoms with Gasteiger partial charge >= 0.3 is 12.3 Å². The third-order valence-corrected chi connectivity index (χ3v) is 3.10. The van der Waals surface area contributed by atoms with E-state index in [2.05, 4.69) is 14.8 Å². The maximum atomic E-state index is 13.4. The molecule has 1 aliphatic heterocycles. The van der Waals surface area contributed by atoms with Crippen LogP contribution in [0.1, 0.15) is 5.56 Å². The van der Waals surface area contributed by atoms with E-state index in [0.29, 0.717) is 0 Å². The number of carbonyl (C=O) groups is 1. The summed E-state index contributed by atoms with van der Waals surface area (Å²) in [6.07, 6.45) is -8.90. The van der Waals surface area contributed by atoms with Gasteiger partial charge in [0.15, 0.2) is 0 Å². The van der Waals surface area contributed by atoms with Gasteiger partial charge in [0.1, 0.15) is 0 Å². The van der Waals surface area contributed by atoms with Crippen molar-refractivity contribution < 1.29 is 32.5 Å². The number of halogens is 4. The monoisotopic (exact) mass is 311 g/mol. The maximum absolute atomic E-state index is 13.4. The van der Waals surface area contributed by atoms with Gasteiger partial charge in [-0.2, -0.15) is 13.2 Å². The number of benzene rings is 1. The summed E-state index contributed by atoms with van der Waals surface area (Å²) in [5.74, 6) is 0. The molecule has 0 bridgehead atoms. The third kappa shape index (κ3) is 2.09. The van der Waals surface area contributed by atoms with Crippen LogP contribution in [0, 0.1) is 0 Å². The number of hydrogen-bond acceptors (Lipinski definition) is 4. The fourth-order valence-electron chi connectivity index (χ4n) is 1.97. The Labute approximate surface area is 116 Å². The van der Waals surface area contributed by atoms with Crippen molar-refractivity contribution in [1.82, 2.24) is 0 Å². The van der Waals surface area contributed by atoms with E-state index in [1.54, 1.807) is 0 Å². The summed E-state index contributed by atoms with van der Waals surface area (Å²) in [4.78, 5) is 11.4. The molecule has 2 atom stereocenters. The normalized spacial score (nSPS) is 23.6. The number of aliphatic hydroxyl groups is 1. The van der Waals surface area contributed by atoms with Crippen molar-refractivity contribution in [3.8, 4) is 0 Å². The minimum atomic E-state index is -5.11. The zero-order valence-corrected chi connectivity index (χ0v) is 10.7. The first-order chi connectivity index (χ1) is 9.22. The van der Waals surface area contributed by atoms with E-state index in [1.165, 1.54) is 12.1 Å². The first-order valence-electron chi connectivity index (χ1n) is 5.30. The second-order valence-electron chi connectivity index (χ2n) is 4.03. The van der Waals surface area contributed by atoms with Gasteiger partial charge in [-0.1, -0.05) is 11.6 Å². The summed E-state index contributed by atoms with van der Waals surface area (Å²) >= 11 is 5.68. The van der Waals surface area contributed by atoms with Crippen molar-refractivity contribution in [2.45, 2.75) is 18.1 Å². The van der Waals surface area contributed by atoms with Crippen molar-refractivity contribution in [3.63, 3.8) is 0 Å². The molecule has 2 N–H and O–H groups in total. The van der Waals surface area contributed by atoms with Crippen LogP contribution in [0.15, 0.2) is 18.2 Å². The molecule has 1 aliphatic rings. The molecule has 0 radical (unpaired) electrons. The van der Waals surface area contributed by atoms with Crippen molar-refractivity contribution in [2.75, 3.05) is 12.4 Å². The maximum Gasteiger partial charge on any atom is 0.438 e. The van der Waals surface area contributed by atoms with E-state index in [1.807, 2.05) is 0 Å². The number of alkyl halides is 3. The molecule has 110 valence electrons. The van der Waals surface area contributed by atoms with E-state index >= 15 is 0 Å². The summed E-state index contributed by atoms with van der Waals surface area (Å²) in [7, 11) is 0.859. The first-order valence-corrected chi connectivity index (χ1v) is 5.68. The number of anilines is 1. The molecule has 1 heterocycles. The van der Waals surface area contributed by atoms with Crippen molar-refractivity contribution in [1.29, 1.82) is 0 Å². The topological polar surface area (TPSA) is 67.8 Å². The van der Waals surface area contributed by atoms with Gasteiger partial charge < -0.3 is 14.6 Å². The second-order valence-corrected chi connectivity index (χ2v) is 4.46. The fraction of sp³-hybridized carbons (Fsp3) is 0.364. The molecule has 0 saturated carbocycles. The van der Waals surface area contributed by atoms with Gasteiger partial charge in [-0.3, -0.25) is 5.32 Å². The average Bonchev–Trinajstić information content (AvgIpc) is 2.36. The van der Waals surface area contributed by atoms with Crippen LogP contribution in [0.25, 0.3) is 0 Å². The van der Waals surface area contributed by atoms with Gasteiger partial charge in [0, 0.05) is 17.7 Å². The number of amides is 1. The molecule has 5 nitrogen and oxygen atoms in total. The third-order valence-electron chi connectivity index (χ3n) is 2.86. The van der Waals surface area contributed by atoms with Gasteiger partial charge in [-0.15, -0.1) is 0 Å². The Morgan fingerprint density at radius 1 is 1.50 bits per heavy atom. The summed E-state index contributed by atoms with van der Waals surface area (Å²) in [6, 6.07) is 3.43. The first kappa shape index (κ1) is 14.9. The summed E-state index contributed by atoms with van der Waals surface area (Å²) in [6.45, 7) is 0. The van der Waals surface area contributed by atoms with Crippen LogP contribution in [0.3, 0.4) is 0 Å². The SMILES string of the molecule is COC(O)[C@]1(C(F)(F)F)OC(=O)Nc2ccc(Cl)cc21. The van der Waals surface area contributed by atoms with E-state index in [4.69, 9.17) is 11.6 Å². The number of rotatable bonds is 2. The smallest absolute Gasteiger partial charge is 0.422 e. The molecule has 20 heavy (non-hydrogen) atoms. The van der Waals surface area contributed by atoms with Crippen molar-refractivity contribution in [2.24, 2.45) is 0 Å². The molecule has 0 aliphatic carbocycles. The Hall–Kier alpha value is -1.51. The van der Waals surface area contributed by atoms with Crippen LogP contribution >= 0.6 is 11.6 Å². The van der Waals surface area contributed by atoms with Crippen LogP contribution in [0.2, 0.25) is 5.02 Å². The highest BCUT2D eigenvalue weighted by atomic mass is 35.5. The molecule has 1 amide bonds. The number of carbonyl (C=O) groups excluding carboxylic acids is 1. The number of ether oxygens (including phenoxy) is 2. The zero-order chi connectivity index (χ0) is 15.1. The molecule has 0 aromatic heterocycles. The zero-order valence-electron chi connectivity index (χ0n) is 9.99. The van der Waals surface area contributed by atoms with Crippen molar-refractivity contribution in [3.05, 3.63) is 28.8 Å². The molecule has 0 fully saturated rings. The molecular formula is C11H9ClF3NO4. The number of fused-ring (bicyclic) bond motifs is 1. The quantitative estimate of drug-likeness (QED) is 0.824. The van der Waals surface area contributed by atoms with E-state index < -0.39 is 29.7 Å². The van der Waals surface area contributed by atoms with Gasteiger partial charge in [0.05, 0.1) is 5.69 Å². The average molecular weight is 312 g/mol. The molecule has 2 rings (SSSR count).